The van der Waals surface area contributed by atoms with Crippen molar-refractivity contribution in [3.05, 3.63) is 40.8 Å². The summed E-state index contributed by atoms with van der Waals surface area (Å²) in [7, 11) is 0. The molecule has 5 nitrogen and oxygen atoms in total. The number of nitrogens with one attached hydrogen (secondary N) is 1. The highest BCUT2D eigenvalue weighted by Crippen LogP contribution is 2.09. The summed E-state index contributed by atoms with van der Waals surface area (Å²) >= 11 is 0. The first-order valence-corrected chi connectivity index (χ1v) is 7.71. The number of nitrogens with zero attached hydrogens (tertiary/aromatic N) is 2. The number of benzene rings is 1. The lowest BCUT2D eigenvalue weighted by molar-refractivity contribution is -0.122. The standard InChI is InChI=1S/C17H23N3O2/c1-12(2)8-9-13(3)19-16(21)11-20-15-7-5-4-6-14(15)18-10-17(20)22/h4-7,10,12-13H,8-9,11H2,1-3H3,(H,19,21). The third-order valence-electron chi connectivity index (χ3n) is 3.64. The van der Waals surface area contributed by atoms with Gasteiger partial charge in [0.2, 0.25) is 5.91 Å². The van der Waals surface area contributed by atoms with Gasteiger partial charge in [0.15, 0.2) is 0 Å². The molecule has 1 atom stereocenters. The van der Waals surface area contributed by atoms with Crippen LogP contribution in [-0.2, 0) is 11.3 Å². The van der Waals surface area contributed by atoms with E-state index in [2.05, 4.69) is 24.1 Å². The van der Waals surface area contributed by atoms with Gasteiger partial charge in [0.1, 0.15) is 6.54 Å². The number of para-hydroxylation sites is 2. The molecule has 2 aromatic rings. The molecule has 0 bridgehead atoms. The zero-order valence-electron chi connectivity index (χ0n) is 13.4. The Kier molecular flexibility index (Phi) is 5.31. The van der Waals surface area contributed by atoms with Crippen LogP contribution >= 0.6 is 0 Å². The van der Waals surface area contributed by atoms with Crippen LogP contribution in [0.5, 0.6) is 0 Å². The summed E-state index contributed by atoms with van der Waals surface area (Å²) < 4.78 is 1.47. The van der Waals surface area contributed by atoms with E-state index >= 15 is 0 Å². The molecule has 0 aliphatic carbocycles. The van der Waals surface area contributed by atoms with Crippen molar-refractivity contribution < 1.29 is 4.79 Å². The van der Waals surface area contributed by atoms with E-state index in [1.807, 2.05) is 25.1 Å². The van der Waals surface area contributed by atoms with Gasteiger partial charge < -0.3 is 5.32 Å². The summed E-state index contributed by atoms with van der Waals surface area (Å²) in [5, 5.41) is 2.96. The van der Waals surface area contributed by atoms with E-state index in [9.17, 15) is 9.59 Å². The lowest BCUT2D eigenvalue weighted by atomic mass is 10.0. The molecule has 0 aliphatic heterocycles. The normalized spacial score (nSPS) is 12.5. The lowest BCUT2D eigenvalue weighted by Crippen LogP contribution is -2.37. The molecule has 1 aromatic carbocycles. The second-order valence-corrected chi connectivity index (χ2v) is 6.11. The van der Waals surface area contributed by atoms with Gasteiger partial charge in [-0.15, -0.1) is 0 Å². The number of fused-ring (bicyclic) bond motifs is 1. The first kappa shape index (κ1) is 16.2. The van der Waals surface area contributed by atoms with E-state index in [4.69, 9.17) is 0 Å². The molecule has 2 rings (SSSR count). The van der Waals surface area contributed by atoms with Crippen molar-refractivity contribution in [3.8, 4) is 0 Å². The monoisotopic (exact) mass is 301 g/mol. The molecule has 5 heteroatoms. The molecule has 22 heavy (non-hydrogen) atoms. The quantitative estimate of drug-likeness (QED) is 0.890. The molecular formula is C17H23N3O2. The van der Waals surface area contributed by atoms with Crippen LogP contribution in [0.1, 0.15) is 33.6 Å². The van der Waals surface area contributed by atoms with Gasteiger partial charge in [0, 0.05) is 6.04 Å². The molecule has 0 saturated carbocycles. The maximum atomic E-state index is 12.2. The van der Waals surface area contributed by atoms with Crippen LogP contribution in [-0.4, -0.2) is 21.5 Å². The third-order valence-corrected chi connectivity index (χ3v) is 3.64. The van der Waals surface area contributed by atoms with Gasteiger partial charge in [0.25, 0.3) is 5.56 Å². The van der Waals surface area contributed by atoms with Crippen molar-refractivity contribution >= 4 is 16.9 Å². The Hall–Kier alpha value is -2.17. The van der Waals surface area contributed by atoms with Gasteiger partial charge in [-0.1, -0.05) is 26.0 Å². The van der Waals surface area contributed by atoms with E-state index in [1.54, 1.807) is 6.07 Å². The molecule has 0 radical (unpaired) electrons. The van der Waals surface area contributed by atoms with E-state index < -0.39 is 0 Å². The second kappa shape index (κ2) is 7.20. The molecule has 1 unspecified atom stereocenters. The molecule has 0 aliphatic rings. The number of aromatic nitrogens is 2. The number of carbonyl (C=O) groups is 1. The van der Waals surface area contributed by atoms with Crippen molar-refractivity contribution in [1.82, 2.24) is 14.9 Å². The predicted molar refractivity (Wildman–Crippen MR) is 87.7 cm³/mol. The molecule has 0 fully saturated rings. The zero-order valence-corrected chi connectivity index (χ0v) is 13.4. The van der Waals surface area contributed by atoms with Crippen LogP contribution in [0.15, 0.2) is 35.3 Å². The minimum absolute atomic E-state index is 0.0217. The molecule has 1 aromatic heterocycles. The van der Waals surface area contributed by atoms with Crippen molar-refractivity contribution in [1.29, 1.82) is 0 Å². The smallest absolute Gasteiger partial charge is 0.269 e. The maximum Gasteiger partial charge on any atom is 0.269 e. The number of rotatable bonds is 6. The van der Waals surface area contributed by atoms with Crippen LogP contribution in [0, 0.1) is 5.92 Å². The minimum Gasteiger partial charge on any atom is -0.352 e. The fourth-order valence-corrected chi connectivity index (χ4v) is 2.40. The highest BCUT2D eigenvalue weighted by atomic mass is 16.2. The second-order valence-electron chi connectivity index (χ2n) is 6.11. The van der Waals surface area contributed by atoms with Gasteiger partial charge in [-0.3, -0.25) is 14.2 Å². The summed E-state index contributed by atoms with van der Waals surface area (Å²) in [6.45, 7) is 6.34. The summed E-state index contributed by atoms with van der Waals surface area (Å²) in [6, 6.07) is 7.44. The Morgan fingerprint density at radius 2 is 1.95 bits per heavy atom. The van der Waals surface area contributed by atoms with E-state index in [0.29, 0.717) is 17.0 Å². The van der Waals surface area contributed by atoms with Crippen LogP contribution in [0.4, 0.5) is 0 Å². The van der Waals surface area contributed by atoms with E-state index in [1.165, 1.54) is 10.8 Å². The maximum absolute atomic E-state index is 12.2. The van der Waals surface area contributed by atoms with Crippen molar-refractivity contribution in [2.45, 2.75) is 46.2 Å². The molecule has 1 amide bonds. The van der Waals surface area contributed by atoms with Crippen LogP contribution in [0.3, 0.4) is 0 Å². The van der Waals surface area contributed by atoms with Crippen molar-refractivity contribution in [2.75, 3.05) is 0 Å². The van der Waals surface area contributed by atoms with Crippen molar-refractivity contribution in [2.24, 2.45) is 5.92 Å². The zero-order chi connectivity index (χ0) is 16.1. The first-order chi connectivity index (χ1) is 10.5. The number of hydrogen-bond acceptors (Lipinski definition) is 3. The Labute approximate surface area is 130 Å². The van der Waals surface area contributed by atoms with Crippen LogP contribution < -0.4 is 10.9 Å². The Balaban J connectivity index is 2.09. The van der Waals surface area contributed by atoms with Gasteiger partial charge in [0.05, 0.1) is 17.2 Å². The Morgan fingerprint density at radius 1 is 1.23 bits per heavy atom. The number of carbonyl (C=O) groups excluding carboxylic acids is 1. The topological polar surface area (TPSA) is 64.0 Å². The van der Waals surface area contributed by atoms with Crippen molar-refractivity contribution in [3.63, 3.8) is 0 Å². The molecule has 0 saturated heterocycles. The Morgan fingerprint density at radius 3 is 2.68 bits per heavy atom. The molecular weight excluding hydrogens is 278 g/mol. The number of hydrogen-bond donors (Lipinski definition) is 1. The summed E-state index contributed by atoms with van der Waals surface area (Å²) in [5.74, 6) is 0.473. The molecule has 0 spiro atoms. The predicted octanol–water partition coefficient (Wildman–Crippen LogP) is 2.34. The highest BCUT2D eigenvalue weighted by Gasteiger charge is 2.11. The highest BCUT2D eigenvalue weighted by molar-refractivity contribution is 5.80. The average Bonchev–Trinajstić information content (AvgIpc) is 2.48. The molecule has 1 heterocycles. The third kappa shape index (κ3) is 4.16. The molecule has 1 N–H and O–H groups in total. The number of amides is 1. The largest absolute Gasteiger partial charge is 0.352 e. The summed E-state index contributed by atoms with van der Waals surface area (Å²) in [5.41, 5.74) is 1.13. The lowest BCUT2D eigenvalue weighted by Gasteiger charge is -2.16. The summed E-state index contributed by atoms with van der Waals surface area (Å²) in [4.78, 5) is 28.3. The summed E-state index contributed by atoms with van der Waals surface area (Å²) in [6.07, 6.45) is 3.27. The van der Waals surface area contributed by atoms with Gasteiger partial charge in [-0.2, -0.15) is 0 Å². The van der Waals surface area contributed by atoms with Gasteiger partial charge >= 0.3 is 0 Å². The van der Waals surface area contributed by atoms with E-state index in [0.717, 1.165) is 12.8 Å². The molecule has 118 valence electrons. The van der Waals surface area contributed by atoms with Crippen LogP contribution in [0.2, 0.25) is 0 Å². The average molecular weight is 301 g/mol. The fourth-order valence-electron chi connectivity index (χ4n) is 2.40. The Bertz CT molecular complexity index is 706. The first-order valence-electron chi connectivity index (χ1n) is 7.71. The minimum atomic E-state index is -0.260. The van der Waals surface area contributed by atoms with Gasteiger partial charge in [-0.25, -0.2) is 4.98 Å². The van der Waals surface area contributed by atoms with Gasteiger partial charge in [-0.05, 0) is 37.8 Å². The fraction of sp³-hybridized carbons (Fsp3) is 0.471. The van der Waals surface area contributed by atoms with Crippen LogP contribution in [0.25, 0.3) is 11.0 Å². The SMILES string of the molecule is CC(C)CCC(C)NC(=O)Cn1c(=O)cnc2ccccc21. The van der Waals surface area contributed by atoms with E-state index in [-0.39, 0.29) is 24.1 Å².